The summed E-state index contributed by atoms with van der Waals surface area (Å²) in [6, 6.07) is 9.82. The SMILES string of the molecule is CCNC(=O)NC(=O)CSc1nnc([C@H](CC)[NH+](C)C)n1Cc1ccccc1. The van der Waals surface area contributed by atoms with Crippen LogP contribution in [0.1, 0.15) is 37.7 Å². The number of urea groups is 1. The third kappa shape index (κ3) is 6.07. The number of rotatable bonds is 9. The number of quaternary nitrogens is 1. The third-order valence-electron chi connectivity index (χ3n) is 4.27. The van der Waals surface area contributed by atoms with Gasteiger partial charge in [0.1, 0.15) is 6.04 Å². The minimum Gasteiger partial charge on any atom is -0.338 e. The van der Waals surface area contributed by atoms with Gasteiger partial charge in [-0.2, -0.15) is 0 Å². The van der Waals surface area contributed by atoms with Crippen LogP contribution in [0.5, 0.6) is 0 Å². The van der Waals surface area contributed by atoms with Gasteiger partial charge in [-0.1, -0.05) is 49.0 Å². The molecule has 0 bridgehead atoms. The third-order valence-corrected chi connectivity index (χ3v) is 5.24. The van der Waals surface area contributed by atoms with Crippen LogP contribution in [0.4, 0.5) is 4.79 Å². The van der Waals surface area contributed by atoms with E-state index in [0.29, 0.717) is 18.2 Å². The zero-order chi connectivity index (χ0) is 20.5. The maximum Gasteiger partial charge on any atom is 0.321 e. The molecule has 1 heterocycles. The second kappa shape index (κ2) is 10.8. The Bertz CT molecular complexity index is 778. The van der Waals surface area contributed by atoms with Gasteiger partial charge in [-0.15, -0.1) is 10.2 Å². The second-order valence-corrected chi connectivity index (χ2v) is 7.59. The molecule has 0 aliphatic carbocycles. The van der Waals surface area contributed by atoms with E-state index in [-0.39, 0.29) is 17.7 Å². The Morgan fingerprint density at radius 1 is 1.18 bits per heavy atom. The maximum atomic E-state index is 12.0. The van der Waals surface area contributed by atoms with Gasteiger partial charge in [0.25, 0.3) is 0 Å². The summed E-state index contributed by atoms with van der Waals surface area (Å²) < 4.78 is 2.07. The van der Waals surface area contributed by atoms with Crippen molar-refractivity contribution < 1.29 is 14.5 Å². The molecule has 3 amide bonds. The molecule has 9 heteroatoms. The highest BCUT2D eigenvalue weighted by Crippen LogP contribution is 2.22. The second-order valence-electron chi connectivity index (χ2n) is 6.65. The molecule has 1 aromatic heterocycles. The lowest BCUT2D eigenvalue weighted by atomic mass is 10.2. The number of hydrogen-bond donors (Lipinski definition) is 3. The fourth-order valence-electron chi connectivity index (χ4n) is 2.93. The zero-order valence-electron chi connectivity index (χ0n) is 16.9. The van der Waals surface area contributed by atoms with Gasteiger partial charge in [-0.05, 0) is 12.5 Å². The van der Waals surface area contributed by atoms with Gasteiger partial charge < -0.3 is 10.2 Å². The molecule has 0 radical (unpaired) electrons. The van der Waals surface area contributed by atoms with Crippen LogP contribution in [0.25, 0.3) is 0 Å². The minimum atomic E-state index is -0.484. The first-order valence-electron chi connectivity index (χ1n) is 9.43. The molecule has 28 heavy (non-hydrogen) atoms. The van der Waals surface area contributed by atoms with E-state index in [9.17, 15) is 9.59 Å². The van der Waals surface area contributed by atoms with Crippen LogP contribution in [-0.2, 0) is 11.3 Å². The highest BCUT2D eigenvalue weighted by Gasteiger charge is 2.25. The van der Waals surface area contributed by atoms with E-state index in [1.165, 1.54) is 16.7 Å². The number of benzene rings is 1. The Hall–Kier alpha value is -2.39. The molecule has 0 saturated carbocycles. The molecule has 3 N–H and O–H groups in total. The summed E-state index contributed by atoms with van der Waals surface area (Å²) >= 11 is 1.28. The van der Waals surface area contributed by atoms with Gasteiger partial charge in [0.15, 0.2) is 11.0 Å². The molecule has 1 aromatic carbocycles. The van der Waals surface area contributed by atoms with E-state index in [2.05, 4.69) is 58.5 Å². The summed E-state index contributed by atoms with van der Waals surface area (Å²) in [7, 11) is 4.20. The highest BCUT2D eigenvalue weighted by molar-refractivity contribution is 7.99. The van der Waals surface area contributed by atoms with E-state index in [1.807, 2.05) is 18.2 Å². The predicted molar refractivity (Wildman–Crippen MR) is 109 cm³/mol. The van der Waals surface area contributed by atoms with Crippen molar-refractivity contribution in [2.24, 2.45) is 0 Å². The fraction of sp³-hybridized carbons (Fsp3) is 0.474. The van der Waals surface area contributed by atoms with Gasteiger partial charge in [-0.25, -0.2) is 4.79 Å². The molecule has 0 aliphatic heterocycles. The Labute approximate surface area is 170 Å². The summed E-state index contributed by atoms with van der Waals surface area (Å²) in [6.07, 6.45) is 0.928. The lowest BCUT2D eigenvalue weighted by molar-refractivity contribution is -0.893. The van der Waals surface area contributed by atoms with Gasteiger partial charge in [0.05, 0.1) is 26.4 Å². The first-order chi connectivity index (χ1) is 13.5. The van der Waals surface area contributed by atoms with Crippen molar-refractivity contribution in [2.45, 2.75) is 38.0 Å². The van der Waals surface area contributed by atoms with E-state index in [1.54, 1.807) is 6.92 Å². The number of carbonyl (C=O) groups excluding carboxylic acids is 2. The van der Waals surface area contributed by atoms with Crippen molar-refractivity contribution in [3.05, 3.63) is 41.7 Å². The van der Waals surface area contributed by atoms with Crippen LogP contribution < -0.4 is 15.5 Å². The lowest BCUT2D eigenvalue weighted by Gasteiger charge is -2.20. The Morgan fingerprint density at radius 2 is 1.89 bits per heavy atom. The average molecular weight is 406 g/mol. The van der Waals surface area contributed by atoms with E-state index in [4.69, 9.17) is 0 Å². The molecule has 152 valence electrons. The van der Waals surface area contributed by atoms with Crippen LogP contribution in [0.3, 0.4) is 0 Å². The first-order valence-corrected chi connectivity index (χ1v) is 10.4. The van der Waals surface area contributed by atoms with Gasteiger partial charge in [0.2, 0.25) is 5.91 Å². The van der Waals surface area contributed by atoms with Crippen LogP contribution in [-0.4, -0.2) is 53.1 Å². The summed E-state index contributed by atoms with van der Waals surface area (Å²) in [5.74, 6) is 0.630. The number of hydrogen-bond acceptors (Lipinski definition) is 5. The Kier molecular flexibility index (Phi) is 8.46. The highest BCUT2D eigenvalue weighted by atomic mass is 32.2. The molecule has 2 aromatic rings. The van der Waals surface area contributed by atoms with Crippen molar-refractivity contribution in [1.29, 1.82) is 0 Å². The largest absolute Gasteiger partial charge is 0.338 e. The molecular weight excluding hydrogens is 376 g/mol. The van der Waals surface area contributed by atoms with Crippen molar-refractivity contribution in [1.82, 2.24) is 25.4 Å². The average Bonchev–Trinajstić information content (AvgIpc) is 3.04. The van der Waals surface area contributed by atoms with Crippen molar-refractivity contribution in [3.63, 3.8) is 0 Å². The smallest absolute Gasteiger partial charge is 0.321 e. The van der Waals surface area contributed by atoms with Crippen LogP contribution in [0.15, 0.2) is 35.5 Å². The molecular formula is C19H29N6O2S+. The molecule has 0 saturated heterocycles. The number of thioether (sulfide) groups is 1. The molecule has 0 aliphatic rings. The zero-order valence-corrected chi connectivity index (χ0v) is 17.7. The molecule has 1 atom stereocenters. The minimum absolute atomic E-state index is 0.0929. The normalized spacial score (nSPS) is 12.0. The number of nitrogens with one attached hydrogen (secondary N) is 3. The lowest BCUT2D eigenvalue weighted by Crippen LogP contribution is -3.06. The molecule has 2 rings (SSSR count). The molecule has 8 nitrogen and oxygen atoms in total. The van der Waals surface area contributed by atoms with Crippen LogP contribution in [0, 0.1) is 0 Å². The summed E-state index contributed by atoms with van der Waals surface area (Å²) in [5, 5.41) is 14.3. The van der Waals surface area contributed by atoms with Gasteiger partial charge >= 0.3 is 6.03 Å². The summed E-state index contributed by atoms with van der Waals surface area (Å²) in [4.78, 5) is 24.8. The summed E-state index contributed by atoms with van der Waals surface area (Å²) in [5.41, 5.74) is 1.14. The molecule has 0 unspecified atom stereocenters. The van der Waals surface area contributed by atoms with E-state index < -0.39 is 6.03 Å². The number of nitrogens with zero attached hydrogens (tertiary/aromatic N) is 3. The molecule has 0 fully saturated rings. The topological polar surface area (TPSA) is 93.3 Å². The van der Waals surface area contributed by atoms with Crippen LogP contribution in [0.2, 0.25) is 0 Å². The van der Waals surface area contributed by atoms with Gasteiger partial charge in [0, 0.05) is 13.0 Å². The molecule has 0 spiro atoms. The maximum absolute atomic E-state index is 12.0. The predicted octanol–water partition coefficient (Wildman–Crippen LogP) is 0.860. The van der Waals surface area contributed by atoms with E-state index >= 15 is 0 Å². The fourth-order valence-corrected chi connectivity index (χ4v) is 3.67. The first kappa shape index (κ1) is 21.9. The number of amides is 3. The Balaban J connectivity index is 2.19. The number of imide groups is 1. The van der Waals surface area contributed by atoms with Crippen LogP contribution >= 0.6 is 11.8 Å². The van der Waals surface area contributed by atoms with Crippen molar-refractivity contribution in [3.8, 4) is 0 Å². The quantitative estimate of drug-likeness (QED) is 0.538. The standard InChI is InChI=1S/C19H28N6O2S/c1-5-15(24(3)4)17-22-23-19(25(17)12-14-10-8-7-9-11-14)28-13-16(26)21-18(27)20-6-2/h7-11,15H,5-6,12-13H2,1-4H3,(H2,20,21,26,27)/p+1/t15-/m0/s1. The summed E-state index contributed by atoms with van der Waals surface area (Å²) in [6.45, 7) is 5.02. The number of carbonyl (C=O) groups is 2. The monoisotopic (exact) mass is 405 g/mol. The number of aromatic nitrogens is 3. The van der Waals surface area contributed by atoms with Crippen molar-refractivity contribution >= 4 is 23.7 Å². The van der Waals surface area contributed by atoms with Crippen molar-refractivity contribution in [2.75, 3.05) is 26.4 Å². The Morgan fingerprint density at radius 3 is 2.50 bits per heavy atom. The van der Waals surface area contributed by atoms with Gasteiger partial charge in [-0.3, -0.25) is 14.7 Å². The van der Waals surface area contributed by atoms with E-state index in [0.717, 1.165) is 17.8 Å².